The van der Waals surface area contributed by atoms with Gasteiger partial charge in [-0.05, 0) is 88.7 Å². The SMILES string of the molecule is Cc1cc2nc(-c3ccccc3)oc2c2c(-c3ccc(-c4cccc(-c5nc(-c6ccccc6)nc(-c6ccc7oc8ccccc8c7c6)n5)c4)cc3)cccc12. The van der Waals surface area contributed by atoms with Crippen LogP contribution in [0.3, 0.4) is 0 Å². The Kier molecular flexibility index (Phi) is 7.60. The van der Waals surface area contributed by atoms with Gasteiger partial charge >= 0.3 is 0 Å². The van der Waals surface area contributed by atoms with Crippen molar-refractivity contribution in [2.75, 3.05) is 0 Å². The Bertz CT molecular complexity index is 3300. The second-order valence-electron chi connectivity index (χ2n) is 14.3. The second kappa shape index (κ2) is 13.3. The molecule has 0 aliphatic carbocycles. The van der Waals surface area contributed by atoms with Crippen molar-refractivity contribution in [2.45, 2.75) is 6.92 Å². The van der Waals surface area contributed by atoms with E-state index in [1.165, 1.54) is 0 Å². The van der Waals surface area contributed by atoms with Gasteiger partial charge < -0.3 is 8.83 Å². The van der Waals surface area contributed by atoms with E-state index in [2.05, 4.69) is 91.9 Å². The lowest BCUT2D eigenvalue weighted by Gasteiger charge is -2.11. The van der Waals surface area contributed by atoms with Gasteiger partial charge in [0.1, 0.15) is 16.7 Å². The van der Waals surface area contributed by atoms with E-state index in [0.29, 0.717) is 23.4 Å². The molecule has 0 unspecified atom stereocenters. The first-order valence-corrected chi connectivity index (χ1v) is 19.0. The minimum absolute atomic E-state index is 0.600. The number of para-hydroxylation sites is 1. The van der Waals surface area contributed by atoms with E-state index >= 15 is 0 Å². The third kappa shape index (κ3) is 5.74. The molecule has 0 N–H and O–H groups in total. The summed E-state index contributed by atoms with van der Waals surface area (Å²) in [4.78, 5) is 20.0. The summed E-state index contributed by atoms with van der Waals surface area (Å²) in [5, 5.41) is 4.30. The van der Waals surface area contributed by atoms with Crippen LogP contribution < -0.4 is 0 Å². The van der Waals surface area contributed by atoms with Crippen molar-refractivity contribution in [3.05, 3.63) is 181 Å². The van der Waals surface area contributed by atoms with Crippen LogP contribution in [-0.2, 0) is 0 Å². The fourth-order valence-corrected chi connectivity index (χ4v) is 7.86. The maximum atomic E-state index is 6.51. The summed E-state index contributed by atoms with van der Waals surface area (Å²) >= 11 is 0. The monoisotopic (exact) mass is 732 g/mol. The predicted octanol–water partition coefficient (Wildman–Crippen LogP) is 13.4. The van der Waals surface area contributed by atoms with Crippen molar-refractivity contribution in [3.8, 4) is 67.9 Å². The molecule has 0 aliphatic rings. The fourth-order valence-electron chi connectivity index (χ4n) is 7.86. The highest BCUT2D eigenvalue weighted by molar-refractivity contribution is 6.12. The molecule has 8 aromatic carbocycles. The number of aryl methyl sites for hydroxylation is 1. The Morgan fingerprint density at radius 1 is 0.368 bits per heavy atom. The van der Waals surface area contributed by atoms with E-state index in [4.69, 9.17) is 28.8 Å². The smallest absolute Gasteiger partial charge is 0.227 e. The van der Waals surface area contributed by atoms with E-state index in [9.17, 15) is 0 Å². The van der Waals surface area contributed by atoms with Gasteiger partial charge in [-0.25, -0.2) is 19.9 Å². The number of hydrogen-bond acceptors (Lipinski definition) is 6. The normalized spacial score (nSPS) is 11.6. The molecule has 0 bridgehead atoms. The largest absolute Gasteiger partial charge is 0.456 e. The Hall–Kier alpha value is -7.70. The first-order valence-electron chi connectivity index (χ1n) is 19.0. The van der Waals surface area contributed by atoms with Gasteiger partial charge in [0.25, 0.3) is 0 Å². The van der Waals surface area contributed by atoms with Gasteiger partial charge in [-0.1, -0.05) is 127 Å². The van der Waals surface area contributed by atoms with Crippen molar-refractivity contribution < 1.29 is 8.83 Å². The highest BCUT2D eigenvalue weighted by Crippen LogP contribution is 2.39. The van der Waals surface area contributed by atoms with E-state index in [0.717, 1.165) is 93.9 Å². The van der Waals surface area contributed by atoms with E-state index in [-0.39, 0.29) is 0 Å². The average Bonchev–Trinajstić information content (AvgIpc) is 3.88. The van der Waals surface area contributed by atoms with Crippen LogP contribution in [0.4, 0.5) is 0 Å². The molecule has 3 aromatic heterocycles. The van der Waals surface area contributed by atoms with Crippen LogP contribution in [0.15, 0.2) is 185 Å². The van der Waals surface area contributed by atoms with Crippen LogP contribution in [0.25, 0.3) is 112 Å². The van der Waals surface area contributed by atoms with Crippen molar-refractivity contribution in [2.24, 2.45) is 0 Å². The van der Waals surface area contributed by atoms with Gasteiger partial charge in [0.05, 0.1) is 0 Å². The Morgan fingerprint density at radius 2 is 0.947 bits per heavy atom. The summed E-state index contributed by atoms with van der Waals surface area (Å²) in [6, 6.07) is 60.0. The molecular formula is C51H32N4O2. The number of oxazole rings is 1. The Morgan fingerprint density at radius 3 is 1.74 bits per heavy atom. The third-order valence-corrected chi connectivity index (χ3v) is 10.7. The molecular weight excluding hydrogens is 701 g/mol. The minimum Gasteiger partial charge on any atom is -0.456 e. The summed E-state index contributed by atoms with van der Waals surface area (Å²) < 4.78 is 12.6. The standard InChI is InChI=1S/C51H32N4O2/c1-31-28-43-47(57-51(52-43)35-14-6-3-7-15-35)46-39(31)19-11-20-40(46)33-24-22-32(23-25-33)36-16-10-17-37(29-36)49-53-48(34-12-4-2-5-13-34)54-50(55-49)38-26-27-45-42(30-38)41-18-8-9-21-44(41)56-45/h2-30H,1H3. The molecule has 11 rings (SSSR count). The number of hydrogen-bond donors (Lipinski definition) is 0. The fraction of sp³-hybridized carbons (Fsp3) is 0.0196. The molecule has 0 saturated carbocycles. The van der Waals surface area contributed by atoms with E-state index in [1.807, 2.05) is 91.0 Å². The maximum Gasteiger partial charge on any atom is 0.227 e. The van der Waals surface area contributed by atoms with E-state index < -0.39 is 0 Å². The molecule has 0 spiro atoms. The first-order chi connectivity index (χ1) is 28.1. The lowest BCUT2D eigenvalue weighted by molar-refractivity contribution is 0.623. The summed E-state index contributed by atoms with van der Waals surface area (Å²) in [6.07, 6.45) is 0. The highest BCUT2D eigenvalue weighted by atomic mass is 16.3. The third-order valence-electron chi connectivity index (χ3n) is 10.7. The second-order valence-corrected chi connectivity index (χ2v) is 14.3. The van der Waals surface area contributed by atoms with Crippen molar-refractivity contribution >= 4 is 43.8 Å². The zero-order valence-electron chi connectivity index (χ0n) is 30.8. The average molecular weight is 733 g/mol. The molecule has 6 nitrogen and oxygen atoms in total. The Labute approximate surface area is 327 Å². The molecule has 6 heteroatoms. The molecule has 0 saturated heterocycles. The molecule has 0 radical (unpaired) electrons. The quantitative estimate of drug-likeness (QED) is 0.169. The van der Waals surface area contributed by atoms with E-state index in [1.54, 1.807) is 0 Å². The number of furan rings is 1. The van der Waals surface area contributed by atoms with Crippen LogP contribution in [0.5, 0.6) is 0 Å². The lowest BCUT2D eigenvalue weighted by atomic mass is 9.93. The molecule has 57 heavy (non-hydrogen) atoms. The maximum absolute atomic E-state index is 6.51. The van der Waals surface area contributed by atoms with Gasteiger partial charge in [0.15, 0.2) is 23.1 Å². The molecule has 3 heterocycles. The van der Waals surface area contributed by atoms with Crippen LogP contribution in [0, 0.1) is 6.92 Å². The number of fused-ring (bicyclic) bond motifs is 6. The minimum atomic E-state index is 0.600. The van der Waals surface area contributed by atoms with Crippen molar-refractivity contribution in [1.82, 2.24) is 19.9 Å². The van der Waals surface area contributed by atoms with Gasteiger partial charge in [-0.2, -0.15) is 0 Å². The topological polar surface area (TPSA) is 77.8 Å². The number of aromatic nitrogens is 4. The van der Waals surface area contributed by atoms with Gasteiger partial charge in [0.2, 0.25) is 5.89 Å². The van der Waals surface area contributed by atoms with Gasteiger partial charge in [0, 0.05) is 38.4 Å². The van der Waals surface area contributed by atoms with Crippen LogP contribution in [0.1, 0.15) is 5.56 Å². The summed E-state index contributed by atoms with van der Waals surface area (Å²) in [5.41, 5.74) is 12.5. The van der Waals surface area contributed by atoms with Crippen molar-refractivity contribution in [3.63, 3.8) is 0 Å². The van der Waals surface area contributed by atoms with Crippen LogP contribution in [-0.4, -0.2) is 19.9 Å². The summed E-state index contributed by atoms with van der Waals surface area (Å²) in [7, 11) is 0. The summed E-state index contributed by atoms with van der Waals surface area (Å²) in [6.45, 7) is 2.14. The first kappa shape index (κ1) is 32.7. The Balaban J connectivity index is 0.983. The van der Waals surface area contributed by atoms with Crippen molar-refractivity contribution in [1.29, 1.82) is 0 Å². The number of benzene rings is 8. The zero-order valence-corrected chi connectivity index (χ0v) is 30.8. The molecule has 0 fully saturated rings. The molecule has 0 atom stereocenters. The lowest BCUT2D eigenvalue weighted by Crippen LogP contribution is -2.00. The number of nitrogens with zero attached hydrogens (tertiary/aromatic N) is 4. The van der Waals surface area contributed by atoms with Gasteiger partial charge in [-0.3, -0.25) is 0 Å². The van der Waals surface area contributed by atoms with Crippen LogP contribution in [0.2, 0.25) is 0 Å². The zero-order chi connectivity index (χ0) is 37.9. The van der Waals surface area contributed by atoms with Crippen LogP contribution >= 0.6 is 0 Å². The number of rotatable bonds is 6. The predicted molar refractivity (Wildman–Crippen MR) is 230 cm³/mol. The molecule has 0 amide bonds. The highest BCUT2D eigenvalue weighted by Gasteiger charge is 2.18. The molecule has 0 aliphatic heterocycles. The summed E-state index contributed by atoms with van der Waals surface area (Å²) in [5.74, 6) is 2.44. The molecule has 268 valence electrons. The van der Waals surface area contributed by atoms with Gasteiger partial charge in [-0.15, -0.1) is 0 Å². The molecule has 11 aromatic rings.